The molecule has 2 rings (SSSR count). The highest BCUT2D eigenvalue weighted by atomic mass is 16.5. The molecule has 0 fully saturated rings. The smallest absolute Gasteiger partial charge is 0.161 e. The van der Waals surface area contributed by atoms with Crippen molar-refractivity contribution in [1.82, 2.24) is 0 Å². The van der Waals surface area contributed by atoms with E-state index in [1.165, 1.54) is 5.56 Å². The number of nitrogens with two attached hydrogens (primary N) is 1. The van der Waals surface area contributed by atoms with E-state index in [9.17, 15) is 0 Å². The van der Waals surface area contributed by atoms with E-state index in [0.29, 0.717) is 0 Å². The molecule has 1 aliphatic rings. The van der Waals surface area contributed by atoms with Crippen molar-refractivity contribution in [3.63, 3.8) is 0 Å². The molecular formula is C13H18N2O2. The average Bonchev–Trinajstić information content (AvgIpc) is 2.35. The van der Waals surface area contributed by atoms with E-state index in [2.05, 4.69) is 4.99 Å². The minimum absolute atomic E-state index is 0.0628. The highest BCUT2D eigenvalue weighted by Gasteiger charge is 2.20. The molecule has 0 spiro atoms. The van der Waals surface area contributed by atoms with E-state index in [-0.39, 0.29) is 6.04 Å². The normalized spacial score (nSPS) is 15.9. The summed E-state index contributed by atoms with van der Waals surface area (Å²) in [6.07, 6.45) is 0.923. The van der Waals surface area contributed by atoms with Gasteiger partial charge in [0.1, 0.15) is 0 Å². The zero-order chi connectivity index (χ0) is 12.4. The molecule has 4 heteroatoms. The lowest BCUT2D eigenvalue weighted by Gasteiger charge is -2.21. The highest BCUT2D eigenvalue weighted by Crippen LogP contribution is 2.32. The molecule has 0 saturated heterocycles. The van der Waals surface area contributed by atoms with Crippen molar-refractivity contribution in [2.24, 2.45) is 10.7 Å². The number of rotatable bonds is 3. The molecule has 1 aromatic rings. The van der Waals surface area contributed by atoms with Crippen LogP contribution in [-0.4, -0.2) is 32.5 Å². The monoisotopic (exact) mass is 234 g/mol. The first-order chi connectivity index (χ1) is 8.17. The van der Waals surface area contributed by atoms with Gasteiger partial charge >= 0.3 is 0 Å². The van der Waals surface area contributed by atoms with Crippen molar-refractivity contribution in [3.05, 3.63) is 23.3 Å². The molecule has 0 amide bonds. The fourth-order valence-electron chi connectivity index (χ4n) is 2.14. The first-order valence-corrected chi connectivity index (χ1v) is 5.72. The van der Waals surface area contributed by atoms with E-state index in [1.54, 1.807) is 14.2 Å². The number of methoxy groups -OCH3 is 2. The van der Waals surface area contributed by atoms with Gasteiger partial charge in [-0.25, -0.2) is 0 Å². The zero-order valence-corrected chi connectivity index (χ0v) is 10.5. The van der Waals surface area contributed by atoms with Gasteiger partial charge in [-0.1, -0.05) is 0 Å². The SMILES string of the molecule is COc1cc2c(cc1OC)C(C(C)N)=NCC2. The summed E-state index contributed by atoms with van der Waals surface area (Å²) in [4.78, 5) is 4.50. The van der Waals surface area contributed by atoms with E-state index >= 15 is 0 Å². The van der Waals surface area contributed by atoms with Gasteiger partial charge < -0.3 is 15.2 Å². The predicted octanol–water partition coefficient (Wildman–Crippen LogP) is 1.40. The van der Waals surface area contributed by atoms with Crippen LogP contribution in [-0.2, 0) is 6.42 Å². The molecule has 0 aromatic heterocycles. The van der Waals surface area contributed by atoms with Crippen LogP contribution in [0.5, 0.6) is 11.5 Å². The van der Waals surface area contributed by atoms with Crippen LogP contribution in [0.1, 0.15) is 18.1 Å². The summed E-state index contributed by atoms with van der Waals surface area (Å²) in [5, 5.41) is 0. The van der Waals surface area contributed by atoms with Gasteiger partial charge in [0, 0.05) is 18.2 Å². The molecular weight excluding hydrogens is 216 g/mol. The molecule has 1 aliphatic heterocycles. The molecule has 2 N–H and O–H groups in total. The van der Waals surface area contributed by atoms with Gasteiger partial charge in [-0.15, -0.1) is 0 Å². The Morgan fingerprint density at radius 2 is 1.88 bits per heavy atom. The summed E-state index contributed by atoms with van der Waals surface area (Å²) >= 11 is 0. The molecule has 0 saturated carbocycles. The molecule has 92 valence electrons. The Kier molecular flexibility index (Phi) is 3.33. The van der Waals surface area contributed by atoms with Crippen molar-refractivity contribution in [2.75, 3.05) is 20.8 Å². The minimum atomic E-state index is -0.0628. The second-order valence-corrected chi connectivity index (χ2v) is 4.17. The van der Waals surface area contributed by atoms with Crippen LogP contribution < -0.4 is 15.2 Å². The minimum Gasteiger partial charge on any atom is -0.493 e. The first-order valence-electron chi connectivity index (χ1n) is 5.72. The topological polar surface area (TPSA) is 56.8 Å². The van der Waals surface area contributed by atoms with Crippen LogP contribution in [0.3, 0.4) is 0 Å². The van der Waals surface area contributed by atoms with Crippen molar-refractivity contribution in [3.8, 4) is 11.5 Å². The summed E-state index contributed by atoms with van der Waals surface area (Å²) in [6.45, 7) is 2.74. The summed E-state index contributed by atoms with van der Waals surface area (Å²) in [7, 11) is 3.28. The molecule has 0 radical (unpaired) electrons. The van der Waals surface area contributed by atoms with E-state index in [1.807, 2.05) is 19.1 Å². The number of ether oxygens (including phenoxy) is 2. The molecule has 1 atom stereocenters. The molecule has 4 nitrogen and oxygen atoms in total. The average molecular weight is 234 g/mol. The van der Waals surface area contributed by atoms with Crippen molar-refractivity contribution in [2.45, 2.75) is 19.4 Å². The number of hydrogen-bond donors (Lipinski definition) is 1. The highest BCUT2D eigenvalue weighted by molar-refractivity contribution is 6.06. The molecule has 1 aromatic carbocycles. The van der Waals surface area contributed by atoms with Gasteiger partial charge in [0.05, 0.1) is 19.9 Å². The first kappa shape index (κ1) is 11.9. The lowest BCUT2D eigenvalue weighted by atomic mass is 9.94. The van der Waals surface area contributed by atoms with E-state index in [0.717, 1.165) is 35.7 Å². The van der Waals surface area contributed by atoms with Gasteiger partial charge in [-0.2, -0.15) is 0 Å². The molecule has 0 bridgehead atoms. The van der Waals surface area contributed by atoms with Gasteiger partial charge in [0.25, 0.3) is 0 Å². The van der Waals surface area contributed by atoms with Crippen LogP contribution in [0.15, 0.2) is 17.1 Å². The number of fused-ring (bicyclic) bond motifs is 1. The summed E-state index contributed by atoms with van der Waals surface area (Å²) in [5.41, 5.74) is 9.21. The fraction of sp³-hybridized carbons (Fsp3) is 0.462. The van der Waals surface area contributed by atoms with Crippen LogP contribution >= 0.6 is 0 Å². The number of aliphatic imine (C=N–C) groups is 1. The van der Waals surface area contributed by atoms with Crippen molar-refractivity contribution >= 4 is 5.71 Å². The summed E-state index contributed by atoms with van der Waals surface area (Å²) in [6, 6.07) is 3.92. The third kappa shape index (κ3) is 2.13. The number of benzene rings is 1. The maximum atomic E-state index is 5.94. The summed E-state index contributed by atoms with van der Waals surface area (Å²) in [5.74, 6) is 1.48. The third-order valence-electron chi connectivity index (χ3n) is 2.98. The maximum absolute atomic E-state index is 5.94. The Bertz CT molecular complexity index is 453. The van der Waals surface area contributed by atoms with Gasteiger partial charge in [0.2, 0.25) is 0 Å². The quantitative estimate of drug-likeness (QED) is 0.860. The van der Waals surface area contributed by atoms with Crippen molar-refractivity contribution < 1.29 is 9.47 Å². The van der Waals surface area contributed by atoms with Crippen molar-refractivity contribution in [1.29, 1.82) is 0 Å². The predicted molar refractivity (Wildman–Crippen MR) is 68.3 cm³/mol. The summed E-state index contributed by atoms with van der Waals surface area (Å²) < 4.78 is 10.6. The second kappa shape index (κ2) is 4.75. The second-order valence-electron chi connectivity index (χ2n) is 4.17. The molecule has 17 heavy (non-hydrogen) atoms. The van der Waals surface area contributed by atoms with E-state index in [4.69, 9.17) is 15.2 Å². The number of hydrogen-bond acceptors (Lipinski definition) is 4. The molecule has 1 heterocycles. The van der Waals surface area contributed by atoms with Gasteiger partial charge in [-0.3, -0.25) is 4.99 Å². The Hall–Kier alpha value is -1.55. The van der Waals surface area contributed by atoms with Crippen LogP contribution in [0.25, 0.3) is 0 Å². The van der Waals surface area contributed by atoms with Gasteiger partial charge in [0.15, 0.2) is 11.5 Å². The maximum Gasteiger partial charge on any atom is 0.161 e. The van der Waals surface area contributed by atoms with Crippen LogP contribution in [0.2, 0.25) is 0 Å². The lowest BCUT2D eigenvalue weighted by Crippen LogP contribution is -2.31. The fourth-order valence-corrected chi connectivity index (χ4v) is 2.14. The lowest BCUT2D eigenvalue weighted by molar-refractivity contribution is 0.354. The Labute approximate surface area is 101 Å². The van der Waals surface area contributed by atoms with Gasteiger partial charge in [-0.05, 0) is 31.0 Å². The largest absolute Gasteiger partial charge is 0.493 e. The Morgan fingerprint density at radius 1 is 1.24 bits per heavy atom. The standard InChI is InChI=1S/C13H18N2O2/c1-8(14)13-10-7-12(17-3)11(16-2)6-9(10)4-5-15-13/h6-8H,4-5,14H2,1-3H3. The third-order valence-corrected chi connectivity index (χ3v) is 2.98. The van der Waals surface area contributed by atoms with Crippen LogP contribution in [0, 0.1) is 0 Å². The molecule has 1 unspecified atom stereocenters. The molecule has 0 aliphatic carbocycles. The Morgan fingerprint density at radius 3 is 2.47 bits per heavy atom. The van der Waals surface area contributed by atoms with E-state index < -0.39 is 0 Å². The van der Waals surface area contributed by atoms with Crippen LogP contribution in [0.4, 0.5) is 0 Å². The zero-order valence-electron chi connectivity index (χ0n) is 10.5. The number of nitrogens with zero attached hydrogens (tertiary/aromatic N) is 1. The Balaban J connectivity index is 2.53.